The molecule has 396 valence electrons. The Kier molecular flexibility index (Phi) is 20.3. The van der Waals surface area contributed by atoms with E-state index in [2.05, 4.69) is 82.6 Å². The number of halogens is 8. The molecule has 0 unspecified atom stereocenters. The Morgan fingerprint density at radius 3 is 1.27 bits per heavy atom. The van der Waals surface area contributed by atoms with Gasteiger partial charge < -0.3 is 47.1 Å². The summed E-state index contributed by atoms with van der Waals surface area (Å²) in [4.78, 5) is 49.2. The van der Waals surface area contributed by atoms with Crippen LogP contribution in [0.5, 0.6) is 12.0 Å². The molecule has 0 atom stereocenters. The van der Waals surface area contributed by atoms with Gasteiger partial charge in [-0.2, -0.15) is 46.3 Å². The molecule has 2 aromatic carbocycles. The van der Waals surface area contributed by atoms with Gasteiger partial charge in [-0.25, -0.2) is 9.97 Å². The van der Waals surface area contributed by atoms with E-state index in [1.54, 1.807) is 60.7 Å². The van der Waals surface area contributed by atoms with Crippen LogP contribution in [0, 0.1) is 10.8 Å². The van der Waals surface area contributed by atoms with Gasteiger partial charge in [0.25, 0.3) is 11.8 Å². The maximum Gasteiger partial charge on any atom is 0.422 e. The Bertz CT molecular complexity index is 2570. The highest BCUT2D eigenvalue weighted by Crippen LogP contribution is 2.25. The van der Waals surface area contributed by atoms with Crippen molar-refractivity contribution in [2.45, 2.75) is 66.5 Å². The summed E-state index contributed by atoms with van der Waals surface area (Å²) in [5.74, 6) is 0.832. The van der Waals surface area contributed by atoms with Gasteiger partial charge in [-0.15, -0.1) is 0 Å². The number of hydrogen-bond acceptors (Lipinski definition) is 15. The van der Waals surface area contributed by atoms with E-state index in [-0.39, 0.29) is 45.9 Å². The van der Waals surface area contributed by atoms with Crippen LogP contribution in [0.15, 0.2) is 97.3 Å². The first-order valence-electron chi connectivity index (χ1n) is 22.7. The second kappa shape index (κ2) is 26.1. The molecule has 6 rings (SSSR count). The summed E-state index contributed by atoms with van der Waals surface area (Å²) in [6, 6.07) is 22.4. The maximum absolute atomic E-state index is 12.7. The van der Waals surface area contributed by atoms with Crippen molar-refractivity contribution >= 4 is 69.9 Å². The summed E-state index contributed by atoms with van der Waals surface area (Å²) < 4.78 is 85.5. The molecule has 74 heavy (non-hydrogen) atoms. The number of hydrogen-bond donors (Lipinski definition) is 7. The summed E-state index contributed by atoms with van der Waals surface area (Å²) in [6.45, 7) is 8.97. The Labute approximate surface area is 433 Å². The molecular weight excluding hydrogens is 1020 g/mol. The van der Waals surface area contributed by atoms with Crippen LogP contribution in [-0.2, 0) is 13.1 Å². The standard InChI is InChI=1S/C25H28ClF3N6O2.C24H27ClF3N7O2/c1-4-24(2,3)14-32-22(36)17-7-10-19(31-13-17)33-21-11-20(30-12-16-5-8-18(26)9-6-16)34-23(35-21)37-15-25(27,28)29;1-23(2,12-29)13-32-21(36)16-5-8-18(31-11-16)33-20-9-19(30-10-15-3-6-17(25)7-4-15)34-22(35-20)37-14-24(26,27)28/h5-11,13H,4,12,14-15H2,1-3H3,(H,32,36)(H2,30,31,33,34,35);3-9,11H,10,12-14,29H2,1-2H3,(H,32,36)(H2,30,31,33,34,35). The third-order valence-corrected chi connectivity index (χ3v) is 10.9. The van der Waals surface area contributed by atoms with Crippen molar-refractivity contribution in [2.24, 2.45) is 16.6 Å². The Morgan fingerprint density at radius 2 is 0.932 bits per heavy atom. The largest absolute Gasteiger partial charge is 0.454 e. The maximum atomic E-state index is 12.7. The van der Waals surface area contributed by atoms with Gasteiger partial charge in [0.05, 0.1) is 11.1 Å². The highest BCUT2D eigenvalue weighted by Gasteiger charge is 2.30. The first kappa shape index (κ1) is 57.7. The van der Waals surface area contributed by atoms with Crippen molar-refractivity contribution in [3.8, 4) is 12.0 Å². The first-order valence-corrected chi connectivity index (χ1v) is 23.5. The molecule has 4 aromatic heterocycles. The monoisotopic (exact) mass is 1070 g/mol. The second-order valence-corrected chi connectivity index (χ2v) is 18.8. The van der Waals surface area contributed by atoms with Crippen molar-refractivity contribution in [1.29, 1.82) is 0 Å². The fraction of sp³-hybridized carbons (Fsp3) is 0.347. The quantitative estimate of drug-likeness (QED) is 0.0314. The minimum atomic E-state index is -4.55. The summed E-state index contributed by atoms with van der Waals surface area (Å²) in [5, 5.41) is 18.7. The van der Waals surface area contributed by atoms with Gasteiger partial charge in [-0.1, -0.05) is 82.1 Å². The number of carbonyl (C=O) groups excluding carboxylic acids is 2. The van der Waals surface area contributed by atoms with Crippen LogP contribution < -0.4 is 47.1 Å². The number of aromatic nitrogens is 6. The van der Waals surface area contributed by atoms with Crippen LogP contribution in [0.25, 0.3) is 0 Å². The summed E-state index contributed by atoms with van der Waals surface area (Å²) >= 11 is 11.8. The van der Waals surface area contributed by atoms with Crippen molar-refractivity contribution < 1.29 is 45.4 Å². The topological polar surface area (TPSA) is 228 Å². The van der Waals surface area contributed by atoms with E-state index in [0.29, 0.717) is 65.5 Å². The van der Waals surface area contributed by atoms with Crippen molar-refractivity contribution in [2.75, 3.05) is 54.1 Å². The third kappa shape index (κ3) is 20.7. The summed E-state index contributed by atoms with van der Waals surface area (Å²) in [6.07, 6.45) is -5.42. The molecule has 25 heteroatoms. The van der Waals surface area contributed by atoms with E-state index in [1.165, 1.54) is 24.5 Å². The van der Waals surface area contributed by atoms with Crippen LogP contribution in [-0.4, -0.2) is 86.9 Å². The normalized spacial score (nSPS) is 11.6. The van der Waals surface area contributed by atoms with E-state index in [0.717, 1.165) is 17.5 Å². The van der Waals surface area contributed by atoms with Gasteiger partial charge >= 0.3 is 24.4 Å². The van der Waals surface area contributed by atoms with Crippen LogP contribution in [0.4, 0.5) is 61.2 Å². The molecular formula is C49H55Cl2F6N13O4. The smallest absolute Gasteiger partial charge is 0.422 e. The highest BCUT2D eigenvalue weighted by molar-refractivity contribution is 6.30. The number of benzene rings is 2. The number of anilines is 6. The summed E-state index contributed by atoms with van der Waals surface area (Å²) in [7, 11) is 0. The number of rotatable bonds is 22. The molecule has 0 fully saturated rings. The fourth-order valence-electron chi connectivity index (χ4n) is 5.68. The van der Waals surface area contributed by atoms with Crippen molar-refractivity contribution in [3.05, 3.63) is 130 Å². The highest BCUT2D eigenvalue weighted by atomic mass is 35.5. The lowest BCUT2D eigenvalue weighted by Gasteiger charge is -2.22. The second-order valence-electron chi connectivity index (χ2n) is 18.0. The van der Waals surface area contributed by atoms with E-state index in [9.17, 15) is 35.9 Å². The number of amides is 2. The Morgan fingerprint density at radius 1 is 0.554 bits per heavy atom. The average molecular weight is 1070 g/mol. The molecule has 0 saturated carbocycles. The van der Waals surface area contributed by atoms with Crippen LogP contribution >= 0.6 is 23.2 Å². The van der Waals surface area contributed by atoms with Gasteiger partial charge in [-0.05, 0) is 83.5 Å². The zero-order chi connectivity index (χ0) is 54.1. The molecule has 4 heterocycles. The number of pyridine rings is 2. The Hall–Kier alpha value is -7.24. The first-order chi connectivity index (χ1) is 34.8. The molecule has 8 N–H and O–H groups in total. The zero-order valence-corrected chi connectivity index (χ0v) is 42.3. The van der Waals surface area contributed by atoms with E-state index in [1.807, 2.05) is 26.0 Å². The van der Waals surface area contributed by atoms with Crippen LogP contribution in [0.2, 0.25) is 10.0 Å². The van der Waals surface area contributed by atoms with Gasteiger partial charge in [0, 0.05) is 60.8 Å². The van der Waals surface area contributed by atoms with Crippen LogP contribution in [0.1, 0.15) is 72.9 Å². The minimum Gasteiger partial charge on any atom is -0.454 e. The molecule has 0 spiro atoms. The number of ether oxygens (including phenoxy) is 2. The lowest BCUT2D eigenvalue weighted by molar-refractivity contribution is -0.155. The predicted molar refractivity (Wildman–Crippen MR) is 271 cm³/mol. The predicted octanol–water partition coefficient (Wildman–Crippen LogP) is 10.5. The Balaban J connectivity index is 0.000000274. The molecule has 2 amide bonds. The SMILES string of the molecule is CC(C)(CN)CNC(=O)c1ccc(Nc2cc(NCc3ccc(Cl)cc3)nc(OCC(F)(F)F)n2)nc1.CCC(C)(C)CNC(=O)c1ccc(Nc2cc(NCc3ccc(Cl)cc3)nc(OCC(F)(F)F)n2)nc1. The van der Waals surface area contributed by atoms with Crippen molar-refractivity contribution in [3.63, 3.8) is 0 Å². The molecule has 0 saturated heterocycles. The molecule has 0 aliphatic rings. The minimum absolute atomic E-state index is 0.0250. The fourth-order valence-corrected chi connectivity index (χ4v) is 5.93. The summed E-state index contributed by atoms with van der Waals surface area (Å²) in [5.41, 5.74) is 7.88. The van der Waals surface area contributed by atoms with Gasteiger partial charge in [-0.3, -0.25) is 9.59 Å². The molecule has 17 nitrogen and oxygen atoms in total. The van der Waals surface area contributed by atoms with Crippen molar-refractivity contribution in [1.82, 2.24) is 40.5 Å². The number of nitrogens with one attached hydrogen (secondary N) is 6. The van der Waals surface area contributed by atoms with Gasteiger partial charge in [0.2, 0.25) is 0 Å². The lowest BCUT2D eigenvalue weighted by atomic mass is 9.90. The lowest BCUT2D eigenvalue weighted by Crippen LogP contribution is -2.38. The molecule has 0 aliphatic carbocycles. The molecule has 0 radical (unpaired) electrons. The number of alkyl halides is 6. The van der Waals surface area contributed by atoms with Gasteiger partial charge in [0.15, 0.2) is 13.2 Å². The average Bonchev–Trinajstić information content (AvgIpc) is 3.36. The number of carbonyl (C=O) groups is 2. The van der Waals surface area contributed by atoms with E-state index >= 15 is 0 Å². The van der Waals surface area contributed by atoms with E-state index in [4.69, 9.17) is 38.4 Å². The molecule has 6 aromatic rings. The third-order valence-electron chi connectivity index (χ3n) is 10.4. The number of nitrogens with two attached hydrogens (primary N) is 1. The number of nitrogens with zero attached hydrogens (tertiary/aromatic N) is 6. The van der Waals surface area contributed by atoms with Gasteiger partial charge in [0.1, 0.15) is 34.9 Å². The zero-order valence-electron chi connectivity index (χ0n) is 40.8. The molecule has 0 aliphatic heterocycles. The van der Waals surface area contributed by atoms with E-state index < -0.39 is 37.6 Å². The molecule has 0 bridgehead atoms. The van der Waals surface area contributed by atoms with Crippen LogP contribution in [0.3, 0.4) is 0 Å².